The molecule has 0 unspecified atom stereocenters. The first kappa shape index (κ1) is 25.0. The van der Waals surface area contributed by atoms with E-state index in [0.29, 0.717) is 10.6 Å². The molecule has 0 spiro atoms. The Balaban J connectivity index is 2.14. The third-order valence-electron chi connectivity index (χ3n) is 4.58. The van der Waals surface area contributed by atoms with Crippen molar-refractivity contribution >= 4 is 55.9 Å². The molecular weight excluding hydrogens is 504 g/mol. The second kappa shape index (κ2) is 9.72. The number of aryl methyl sites for hydroxylation is 1. The first-order valence-corrected chi connectivity index (χ1v) is 13.3. The molecule has 0 fully saturated rings. The fourth-order valence-electron chi connectivity index (χ4n) is 2.77. The van der Waals surface area contributed by atoms with E-state index in [0.717, 1.165) is 5.69 Å². The smallest absolute Gasteiger partial charge is 0.377 e. The summed E-state index contributed by atoms with van der Waals surface area (Å²) in [5.74, 6) is -0.426. The van der Waals surface area contributed by atoms with Gasteiger partial charge in [-0.25, -0.2) is 4.57 Å². The van der Waals surface area contributed by atoms with Gasteiger partial charge in [-0.1, -0.05) is 29.8 Å². The van der Waals surface area contributed by atoms with Gasteiger partial charge in [0.25, 0.3) is 0 Å². The molecule has 0 bridgehead atoms. The number of rotatable bonds is 5. The van der Waals surface area contributed by atoms with Crippen molar-refractivity contribution in [2.45, 2.75) is 21.6 Å². The lowest BCUT2D eigenvalue weighted by Crippen LogP contribution is -2.53. The molecule has 2 aromatic carbocycles. The summed E-state index contributed by atoms with van der Waals surface area (Å²) in [6.07, 6.45) is 3.01. The maximum atomic E-state index is 13.2. The maximum Gasteiger partial charge on any atom is 0.423 e. The molecule has 1 aromatic heterocycles. The molecule has 1 N–H and O–H groups in total. The van der Waals surface area contributed by atoms with E-state index in [1.807, 2.05) is 19.0 Å². The Bertz CT molecular complexity index is 1410. The molecule has 33 heavy (non-hydrogen) atoms. The van der Waals surface area contributed by atoms with Crippen molar-refractivity contribution in [2.24, 2.45) is 4.40 Å². The predicted octanol–water partition coefficient (Wildman–Crippen LogP) is 2.86. The van der Waals surface area contributed by atoms with Crippen molar-refractivity contribution in [1.29, 1.82) is 0 Å². The number of hydrogen-bond donors (Lipinski definition) is 2. The number of pyridine rings is 1. The molecule has 8 nitrogen and oxygen atoms in total. The summed E-state index contributed by atoms with van der Waals surface area (Å²) in [5.41, 5.74) is 1.35. The van der Waals surface area contributed by atoms with Crippen LogP contribution in [-0.4, -0.2) is 36.9 Å². The molecule has 0 amide bonds. The van der Waals surface area contributed by atoms with Gasteiger partial charge >= 0.3 is 26.0 Å². The van der Waals surface area contributed by atoms with Crippen LogP contribution < -0.4 is 14.2 Å². The van der Waals surface area contributed by atoms with Crippen LogP contribution in [0, 0.1) is 6.92 Å². The van der Waals surface area contributed by atoms with Gasteiger partial charge in [0.2, 0.25) is 0 Å². The molecule has 0 aliphatic rings. The van der Waals surface area contributed by atoms with Crippen molar-refractivity contribution in [3.8, 4) is 0 Å². The van der Waals surface area contributed by atoms with Gasteiger partial charge in [0.15, 0.2) is 0 Å². The molecule has 174 valence electrons. The first-order chi connectivity index (χ1) is 15.4. The van der Waals surface area contributed by atoms with Crippen molar-refractivity contribution in [2.75, 3.05) is 19.0 Å². The highest BCUT2D eigenvalue weighted by atomic mass is 35.5. The van der Waals surface area contributed by atoms with Gasteiger partial charge in [0.1, 0.15) is 9.79 Å². The van der Waals surface area contributed by atoms with Crippen LogP contribution in [0.5, 0.6) is 0 Å². The molecule has 12 heteroatoms. The number of halogens is 1. The highest BCUT2D eigenvalue weighted by Gasteiger charge is 2.30. The Morgan fingerprint density at radius 1 is 1.03 bits per heavy atom. The van der Waals surface area contributed by atoms with E-state index in [4.69, 9.17) is 11.6 Å². The Hall–Kier alpha value is -2.60. The lowest BCUT2D eigenvalue weighted by molar-refractivity contribution is -0.558. The van der Waals surface area contributed by atoms with E-state index >= 15 is 0 Å². The van der Waals surface area contributed by atoms with Crippen LogP contribution in [0.1, 0.15) is 5.56 Å². The van der Waals surface area contributed by atoms with Gasteiger partial charge in [-0.05, 0) is 48.9 Å². The van der Waals surface area contributed by atoms with E-state index in [-0.39, 0.29) is 14.7 Å². The predicted molar refractivity (Wildman–Crippen MR) is 131 cm³/mol. The number of nitrogens with zero attached hydrogens (tertiary/aromatic N) is 3. The number of sulfonamides is 2. The molecule has 3 rings (SSSR count). The number of aromatic nitrogens is 1. The number of benzene rings is 2. The standard InChI is InChI=1S/C21H21ClN4O4S3/c1-15-13-20(19(31)14-18(15)22)33(29,30)24-21(26-11-9-16(10-12-26)25(2)3)23-32(27,28)17-7-5-4-6-8-17/h4-14H,1-3H3,(H-,23,24,31)/p+1. The number of anilines is 1. The van der Waals surface area contributed by atoms with Crippen LogP contribution in [-0.2, 0) is 20.0 Å². The minimum Gasteiger partial charge on any atom is -0.377 e. The fraction of sp³-hybridized carbons (Fsp3) is 0.143. The summed E-state index contributed by atoms with van der Waals surface area (Å²) in [5, 5.41) is 0.355. The molecule has 0 radical (unpaired) electrons. The van der Waals surface area contributed by atoms with Crippen molar-refractivity contribution in [3.05, 3.63) is 77.6 Å². The topological polar surface area (TPSA) is 99.8 Å². The van der Waals surface area contributed by atoms with Crippen LogP contribution in [0.2, 0.25) is 5.02 Å². The Labute approximate surface area is 204 Å². The fourth-order valence-corrected chi connectivity index (χ4v) is 5.76. The zero-order chi connectivity index (χ0) is 24.4. The average Bonchev–Trinajstić information content (AvgIpc) is 2.76. The second-order valence-corrected chi connectivity index (χ2v) is 11.4. The zero-order valence-electron chi connectivity index (χ0n) is 18.0. The quantitative estimate of drug-likeness (QED) is 0.231. The van der Waals surface area contributed by atoms with Crippen LogP contribution in [0.3, 0.4) is 0 Å². The third kappa shape index (κ3) is 5.85. The van der Waals surface area contributed by atoms with E-state index < -0.39 is 26.0 Å². The van der Waals surface area contributed by atoms with Crippen LogP contribution in [0.4, 0.5) is 5.69 Å². The largest absolute Gasteiger partial charge is 0.423 e. The minimum atomic E-state index is -4.27. The second-order valence-electron chi connectivity index (χ2n) is 7.24. The highest BCUT2D eigenvalue weighted by molar-refractivity contribution is 7.91. The molecule has 0 atom stereocenters. The molecule has 0 aliphatic heterocycles. The van der Waals surface area contributed by atoms with E-state index in [2.05, 4.69) is 21.7 Å². The maximum absolute atomic E-state index is 13.2. The van der Waals surface area contributed by atoms with E-state index in [9.17, 15) is 16.8 Å². The Morgan fingerprint density at radius 2 is 1.64 bits per heavy atom. The van der Waals surface area contributed by atoms with Gasteiger partial charge in [-0.3, -0.25) is 0 Å². The minimum absolute atomic E-state index is 0.0792. The van der Waals surface area contributed by atoms with Gasteiger partial charge in [0, 0.05) is 34.1 Å². The molecule has 0 saturated carbocycles. The normalized spacial score (nSPS) is 12.5. The average molecular weight is 526 g/mol. The zero-order valence-corrected chi connectivity index (χ0v) is 21.3. The lowest BCUT2D eigenvalue weighted by Gasteiger charge is -2.13. The Kier molecular flexibility index (Phi) is 7.37. The summed E-state index contributed by atoms with van der Waals surface area (Å²) < 4.78 is 59.6. The molecule has 0 saturated heterocycles. The van der Waals surface area contributed by atoms with Crippen LogP contribution in [0.15, 0.2) is 86.1 Å². The number of thiol groups is 1. The lowest BCUT2D eigenvalue weighted by atomic mass is 10.2. The summed E-state index contributed by atoms with van der Waals surface area (Å²) >= 11 is 10.3. The monoisotopic (exact) mass is 525 g/mol. The molecular formula is C21H22ClN4O4S3+. The summed E-state index contributed by atoms with van der Waals surface area (Å²) in [4.78, 5) is 1.71. The van der Waals surface area contributed by atoms with Crippen molar-refractivity contribution in [3.63, 3.8) is 0 Å². The summed E-state index contributed by atoms with van der Waals surface area (Å²) in [6.45, 7) is 1.65. The van der Waals surface area contributed by atoms with Crippen LogP contribution in [0.25, 0.3) is 0 Å². The van der Waals surface area contributed by atoms with Gasteiger partial charge < -0.3 is 4.90 Å². The summed E-state index contributed by atoms with van der Waals surface area (Å²) in [7, 11) is -4.81. The van der Waals surface area contributed by atoms with Gasteiger partial charge in [0.05, 0.1) is 12.4 Å². The Morgan fingerprint density at radius 3 is 2.21 bits per heavy atom. The van der Waals surface area contributed by atoms with Gasteiger partial charge in [-0.15, -0.1) is 12.6 Å². The first-order valence-electron chi connectivity index (χ1n) is 9.52. The SMILES string of the molecule is Cc1cc(S(=O)(=O)NC(=NS(=O)(=O)c2ccccc2)[n+]2ccc(N(C)C)cc2)c(S)cc1Cl. The number of hydrogen-bond acceptors (Lipinski definition) is 6. The van der Waals surface area contributed by atoms with Crippen molar-refractivity contribution in [1.82, 2.24) is 4.72 Å². The molecule has 0 aliphatic carbocycles. The number of nitrogens with one attached hydrogen (secondary N) is 1. The van der Waals surface area contributed by atoms with Gasteiger partial charge in [-0.2, -0.15) is 21.6 Å². The van der Waals surface area contributed by atoms with E-state index in [1.165, 1.54) is 41.2 Å². The summed E-state index contributed by atoms with van der Waals surface area (Å²) in [6, 6.07) is 13.7. The van der Waals surface area contributed by atoms with Crippen LogP contribution >= 0.6 is 24.2 Å². The molecule has 1 heterocycles. The van der Waals surface area contributed by atoms with Crippen molar-refractivity contribution < 1.29 is 21.4 Å². The third-order valence-corrected chi connectivity index (χ3v) is 8.15. The van der Waals surface area contributed by atoms with E-state index in [1.54, 1.807) is 37.3 Å². The molecule has 3 aromatic rings. The highest BCUT2D eigenvalue weighted by Crippen LogP contribution is 2.27.